The van der Waals surface area contributed by atoms with Crippen LogP contribution in [0.15, 0.2) is 18.2 Å². The predicted molar refractivity (Wildman–Crippen MR) is 68.0 cm³/mol. The Labute approximate surface area is 102 Å². The van der Waals surface area contributed by atoms with Crippen LogP contribution in [0.25, 0.3) is 0 Å². The van der Waals surface area contributed by atoms with Gasteiger partial charge in [0.05, 0.1) is 0 Å². The van der Waals surface area contributed by atoms with Gasteiger partial charge in [-0.1, -0.05) is 13.8 Å². The molecule has 0 spiro atoms. The van der Waals surface area contributed by atoms with E-state index in [1.807, 2.05) is 6.07 Å². The van der Waals surface area contributed by atoms with E-state index in [4.69, 9.17) is 4.74 Å². The van der Waals surface area contributed by atoms with Gasteiger partial charge in [-0.3, -0.25) is 0 Å². The largest absolute Gasteiger partial charge is 0.382 e. The van der Waals surface area contributed by atoms with Gasteiger partial charge in [0.2, 0.25) is 0 Å². The third-order valence-corrected chi connectivity index (χ3v) is 3.18. The van der Waals surface area contributed by atoms with Gasteiger partial charge in [0.1, 0.15) is 5.82 Å². The van der Waals surface area contributed by atoms with E-state index in [-0.39, 0.29) is 5.82 Å². The Morgan fingerprint density at radius 1 is 1.24 bits per heavy atom. The second-order valence-electron chi connectivity index (χ2n) is 4.96. The van der Waals surface area contributed by atoms with Gasteiger partial charge in [0, 0.05) is 24.9 Å². The molecule has 94 valence electrons. The van der Waals surface area contributed by atoms with Crippen molar-refractivity contribution in [1.29, 1.82) is 0 Å². The summed E-state index contributed by atoms with van der Waals surface area (Å²) in [5, 5.41) is 3.40. The van der Waals surface area contributed by atoms with Crippen LogP contribution in [0.4, 0.5) is 10.1 Å². The molecule has 0 aromatic heterocycles. The second-order valence-corrected chi connectivity index (χ2v) is 4.96. The fourth-order valence-electron chi connectivity index (χ4n) is 2.11. The number of benzene rings is 1. The molecule has 1 fully saturated rings. The molecule has 1 aliphatic rings. The van der Waals surface area contributed by atoms with Crippen molar-refractivity contribution in [3.05, 3.63) is 29.6 Å². The molecular weight excluding hydrogens is 217 g/mol. The first kappa shape index (κ1) is 12.4. The zero-order chi connectivity index (χ0) is 12.3. The van der Waals surface area contributed by atoms with E-state index in [2.05, 4.69) is 19.2 Å². The first-order valence-corrected chi connectivity index (χ1v) is 6.30. The summed E-state index contributed by atoms with van der Waals surface area (Å²) in [6.07, 6.45) is 1.99. The highest BCUT2D eigenvalue weighted by Crippen LogP contribution is 2.22. The lowest BCUT2D eigenvalue weighted by atomic mass is 10.0. The van der Waals surface area contributed by atoms with Gasteiger partial charge in [-0.25, -0.2) is 4.39 Å². The molecule has 0 bridgehead atoms. The Balaban J connectivity index is 2.09. The van der Waals surface area contributed by atoms with E-state index >= 15 is 0 Å². The molecule has 1 N–H and O–H groups in total. The van der Waals surface area contributed by atoms with E-state index in [0.29, 0.717) is 12.0 Å². The normalized spacial score (nSPS) is 17.4. The summed E-state index contributed by atoms with van der Waals surface area (Å²) in [4.78, 5) is 0. The second kappa shape index (κ2) is 5.50. The first-order valence-electron chi connectivity index (χ1n) is 6.30. The molecule has 1 saturated heterocycles. The van der Waals surface area contributed by atoms with Crippen LogP contribution in [0.1, 0.15) is 38.2 Å². The molecule has 1 aromatic carbocycles. The van der Waals surface area contributed by atoms with Crippen LogP contribution in [-0.4, -0.2) is 19.3 Å². The highest BCUT2D eigenvalue weighted by Gasteiger charge is 2.14. The van der Waals surface area contributed by atoms with Crippen LogP contribution in [0, 0.1) is 5.82 Å². The van der Waals surface area contributed by atoms with Gasteiger partial charge in [-0.05, 0) is 42.5 Å². The molecule has 2 nitrogen and oxygen atoms in total. The standard InChI is InChI=1S/C14H20FNO/c1-10(2)11-7-12(15)9-14(8-11)16-13-3-5-17-6-4-13/h7-10,13,16H,3-6H2,1-2H3. The Bertz CT molecular complexity index is 372. The molecule has 0 saturated carbocycles. The number of rotatable bonds is 3. The van der Waals surface area contributed by atoms with Crippen molar-refractivity contribution in [2.45, 2.75) is 38.6 Å². The quantitative estimate of drug-likeness (QED) is 0.868. The number of anilines is 1. The summed E-state index contributed by atoms with van der Waals surface area (Å²) >= 11 is 0. The Morgan fingerprint density at radius 2 is 1.94 bits per heavy atom. The average Bonchev–Trinajstić information content (AvgIpc) is 2.29. The third kappa shape index (κ3) is 3.43. The number of hydrogen-bond acceptors (Lipinski definition) is 2. The number of hydrogen-bond donors (Lipinski definition) is 1. The van der Waals surface area contributed by atoms with E-state index in [1.54, 1.807) is 12.1 Å². The van der Waals surface area contributed by atoms with Crippen LogP contribution in [0.3, 0.4) is 0 Å². The lowest BCUT2D eigenvalue weighted by Crippen LogP contribution is -2.27. The molecular formula is C14H20FNO. The number of halogens is 1. The van der Waals surface area contributed by atoms with E-state index in [1.165, 1.54) is 0 Å². The van der Waals surface area contributed by atoms with Gasteiger partial charge in [-0.2, -0.15) is 0 Å². The summed E-state index contributed by atoms with van der Waals surface area (Å²) < 4.78 is 18.8. The smallest absolute Gasteiger partial charge is 0.125 e. The summed E-state index contributed by atoms with van der Waals surface area (Å²) in [6, 6.07) is 5.63. The van der Waals surface area contributed by atoms with Crippen molar-refractivity contribution >= 4 is 5.69 Å². The van der Waals surface area contributed by atoms with Gasteiger partial charge < -0.3 is 10.1 Å². The van der Waals surface area contributed by atoms with Crippen LogP contribution in [0.5, 0.6) is 0 Å². The van der Waals surface area contributed by atoms with Crippen LogP contribution in [-0.2, 0) is 4.74 Å². The lowest BCUT2D eigenvalue weighted by molar-refractivity contribution is 0.0904. The maximum Gasteiger partial charge on any atom is 0.125 e. The predicted octanol–water partition coefficient (Wildman–Crippen LogP) is 3.54. The minimum absolute atomic E-state index is 0.161. The zero-order valence-corrected chi connectivity index (χ0v) is 10.5. The fraction of sp³-hybridized carbons (Fsp3) is 0.571. The van der Waals surface area contributed by atoms with Gasteiger partial charge in [-0.15, -0.1) is 0 Å². The highest BCUT2D eigenvalue weighted by molar-refractivity contribution is 5.47. The highest BCUT2D eigenvalue weighted by atomic mass is 19.1. The van der Waals surface area contributed by atoms with Crippen molar-refractivity contribution in [3.8, 4) is 0 Å². The first-order chi connectivity index (χ1) is 8.15. The van der Waals surface area contributed by atoms with Crippen LogP contribution in [0.2, 0.25) is 0 Å². The molecule has 1 heterocycles. The monoisotopic (exact) mass is 237 g/mol. The third-order valence-electron chi connectivity index (χ3n) is 3.18. The topological polar surface area (TPSA) is 21.3 Å². The molecule has 1 aliphatic heterocycles. The number of nitrogens with one attached hydrogen (secondary N) is 1. The minimum Gasteiger partial charge on any atom is -0.382 e. The molecule has 3 heteroatoms. The van der Waals surface area contributed by atoms with Crippen LogP contribution < -0.4 is 5.32 Å². The molecule has 2 rings (SSSR count). The van der Waals surface area contributed by atoms with Gasteiger partial charge in [0.25, 0.3) is 0 Å². The SMILES string of the molecule is CC(C)c1cc(F)cc(NC2CCOCC2)c1. The van der Waals surface area contributed by atoms with Crippen molar-refractivity contribution in [3.63, 3.8) is 0 Å². The van der Waals surface area contributed by atoms with Crippen molar-refractivity contribution in [1.82, 2.24) is 0 Å². The van der Waals surface area contributed by atoms with Crippen molar-refractivity contribution in [2.75, 3.05) is 18.5 Å². The molecule has 0 aliphatic carbocycles. The summed E-state index contributed by atoms with van der Waals surface area (Å²) in [7, 11) is 0. The lowest BCUT2D eigenvalue weighted by Gasteiger charge is -2.24. The molecule has 0 atom stereocenters. The Morgan fingerprint density at radius 3 is 2.59 bits per heavy atom. The molecule has 0 amide bonds. The molecule has 0 unspecified atom stereocenters. The number of ether oxygens (including phenoxy) is 1. The maximum absolute atomic E-state index is 13.5. The van der Waals surface area contributed by atoms with Gasteiger partial charge in [0.15, 0.2) is 0 Å². The fourth-order valence-corrected chi connectivity index (χ4v) is 2.11. The van der Waals surface area contributed by atoms with E-state index < -0.39 is 0 Å². The molecule has 0 radical (unpaired) electrons. The Kier molecular flexibility index (Phi) is 4.00. The summed E-state index contributed by atoms with van der Waals surface area (Å²) in [5.41, 5.74) is 1.93. The summed E-state index contributed by atoms with van der Waals surface area (Å²) in [5.74, 6) is 0.187. The van der Waals surface area contributed by atoms with Crippen molar-refractivity contribution < 1.29 is 9.13 Å². The Hall–Kier alpha value is -1.09. The molecule has 1 aromatic rings. The summed E-state index contributed by atoms with van der Waals surface area (Å²) in [6.45, 7) is 5.74. The van der Waals surface area contributed by atoms with Gasteiger partial charge >= 0.3 is 0 Å². The minimum atomic E-state index is -0.161. The maximum atomic E-state index is 13.5. The zero-order valence-electron chi connectivity index (χ0n) is 10.5. The average molecular weight is 237 g/mol. The van der Waals surface area contributed by atoms with E-state index in [9.17, 15) is 4.39 Å². The van der Waals surface area contributed by atoms with E-state index in [0.717, 1.165) is 37.3 Å². The van der Waals surface area contributed by atoms with Crippen LogP contribution >= 0.6 is 0 Å². The molecule has 17 heavy (non-hydrogen) atoms. The van der Waals surface area contributed by atoms with Crippen molar-refractivity contribution in [2.24, 2.45) is 0 Å².